The molecule has 0 saturated carbocycles. The van der Waals surface area contributed by atoms with Crippen LogP contribution in [0.4, 0.5) is 0 Å². The first kappa shape index (κ1) is 16.4. The van der Waals surface area contributed by atoms with Gasteiger partial charge in [-0.15, -0.1) is 0 Å². The standard InChI is InChI=1S/C14H12IO3.C2H3O.Hg/c1-6-4-9-5-10-7(2)11(15)14(16)18-13(10)8(3)12(9)17-6;1-2-3;/h5-6H,1,4H2,2-3H3;1H3;. The summed E-state index contributed by atoms with van der Waals surface area (Å²) in [4.78, 5) is 23.1. The average Bonchev–Trinajstić information content (AvgIpc) is 2.88. The molecule has 2 aromatic rings. The average molecular weight is 599 g/mol. The van der Waals surface area contributed by atoms with Crippen LogP contribution in [0, 0.1) is 17.4 Å². The molecule has 3 rings (SSSR count). The molecule has 0 bridgehead atoms. The predicted molar refractivity (Wildman–Crippen MR) is 88.3 cm³/mol. The first-order valence-electron chi connectivity index (χ1n) is 7.30. The van der Waals surface area contributed by atoms with Crippen LogP contribution in [0.25, 0.3) is 11.0 Å². The van der Waals surface area contributed by atoms with E-state index in [0.29, 0.717) is 12.4 Å². The van der Waals surface area contributed by atoms with Crippen LogP contribution in [0.1, 0.15) is 23.6 Å². The normalized spacial score (nSPS) is 16.3. The third-order valence-corrected chi connectivity index (χ3v) is 11.8. The van der Waals surface area contributed by atoms with E-state index in [-0.39, 0.29) is 11.7 Å². The van der Waals surface area contributed by atoms with Crippen molar-refractivity contribution >= 4 is 36.9 Å². The minimum atomic E-state index is -1.46. The third-order valence-electron chi connectivity index (χ3n) is 4.19. The molecule has 2 heterocycles. The van der Waals surface area contributed by atoms with Gasteiger partial charge >= 0.3 is 155 Å². The number of halogens is 1. The van der Waals surface area contributed by atoms with Crippen LogP contribution >= 0.6 is 22.6 Å². The zero-order chi connectivity index (χ0) is 16.0. The maximum absolute atomic E-state index is 11.9. The number of carbonyl (C=O) groups excluding carboxylic acids is 1. The summed E-state index contributed by atoms with van der Waals surface area (Å²) < 4.78 is 13.5. The van der Waals surface area contributed by atoms with Crippen molar-refractivity contribution in [2.24, 2.45) is 0 Å². The first-order valence-corrected chi connectivity index (χ1v) is 15.0. The Bertz CT molecular complexity index is 840. The van der Waals surface area contributed by atoms with Gasteiger partial charge in [0.05, 0.1) is 0 Å². The number of hydrogen-bond acceptors (Lipinski definition) is 4. The number of carbonyl (C=O) groups is 1. The summed E-state index contributed by atoms with van der Waals surface area (Å²) in [5.74, 6) is 0.846. The molecule has 0 N–H and O–H groups in total. The Morgan fingerprint density at radius 2 is 2.14 bits per heavy atom. The van der Waals surface area contributed by atoms with Crippen LogP contribution in [-0.2, 0) is 35.8 Å². The monoisotopic (exact) mass is 600 g/mol. The molecule has 22 heavy (non-hydrogen) atoms. The van der Waals surface area contributed by atoms with Gasteiger partial charge in [-0.3, -0.25) is 0 Å². The second-order valence-corrected chi connectivity index (χ2v) is 15.0. The van der Waals surface area contributed by atoms with Gasteiger partial charge in [-0.1, -0.05) is 0 Å². The number of benzene rings is 1. The quantitative estimate of drug-likeness (QED) is 0.309. The fourth-order valence-corrected chi connectivity index (χ4v) is 7.45. The van der Waals surface area contributed by atoms with Gasteiger partial charge < -0.3 is 0 Å². The van der Waals surface area contributed by atoms with E-state index in [1.165, 1.54) is 5.56 Å². The molecule has 4 nitrogen and oxygen atoms in total. The Labute approximate surface area is 154 Å². The Morgan fingerprint density at radius 1 is 1.41 bits per heavy atom. The van der Waals surface area contributed by atoms with E-state index < -0.39 is 24.6 Å². The van der Waals surface area contributed by atoms with E-state index in [1.807, 2.05) is 36.4 Å². The van der Waals surface area contributed by atoms with E-state index in [4.69, 9.17) is 9.15 Å². The van der Waals surface area contributed by atoms with Crippen LogP contribution in [0.5, 0.6) is 5.75 Å². The number of ether oxygens (including phenoxy) is 1. The molecule has 1 aliphatic rings. The van der Waals surface area contributed by atoms with Crippen LogP contribution in [0.2, 0.25) is 3.93 Å². The van der Waals surface area contributed by atoms with Gasteiger partial charge in [-0.05, 0) is 0 Å². The molecule has 1 aliphatic heterocycles. The molecule has 1 aromatic heterocycles. The molecule has 1 aromatic carbocycles. The molecule has 0 amide bonds. The van der Waals surface area contributed by atoms with Gasteiger partial charge in [-0.25, -0.2) is 0 Å². The molecular weight excluding hydrogens is 584 g/mol. The van der Waals surface area contributed by atoms with Gasteiger partial charge in [0.15, 0.2) is 0 Å². The van der Waals surface area contributed by atoms with Crippen molar-refractivity contribution in [2.75, 3.05) is 0 Å². The zero-order valence-electron chi connectivity index (χ0n) is 12.8. The number of hydrogen-bond donors (Lipinski definition) is 0. The van der Waals surface area contributed by atoms with Crippen LogP contribution < -0.4 is 10.4 Å². The first-order chi connectivity index (χ1) is 10.4. The molecular formula is C16H15HgIO4. The fourth-order valence-electron chi connectivity index (χ4n) is 2.96. The van der Waals surface area contributed by atoms with Crippen LogP contribution in [-0.4, -0.2) is 9.40 Å². The van der Waals surface area contributed by atoms with E-state index in [1.54, 1.807) is 6.92 Å². The summed E-state index contributed by atoms with van der Waals surface area (Å²) in [5.41, 5.74) is 3.35. The van der Waals surface area contributed by atoms with Crippen LogP contribution in [0.15, 0.2) is 15.3 Å². The van der Waals surface area contributed by atoms with Gasteiger partial charge in [0.1, 0.15) is 0 Å². The van der Waals surface area contributed by atoms with E-state index >= 15 is 0 Å². The van der Waals surface area contributed by atoms with Gasteiger partial charge in [-0.2, -0.15) is 0 Å². The molecule has 1 unspecified atom stereocenters. The topological polar surface area (TPSA) is 56.5 Å². The SMILES string of the molecule is C[C](=O)[Hg][CH2]C1Cc2cc3c(C)c(I)c(=O)oc3c(C)c2O1. The molecule has 6 heteroatoms. The summed E-state index contributed by atoms with van der Waals surface area (Å²) in [6, 6.07) is 2.09. The van der Waals surface area contributed by atoms with Crippen molar-refractivity contribution in [3.63, 3.8) is 0 Å². The summed E-state index contributed by atoms with van der Waals surface area (Å²) in [6.07, 6.45) is 0.983. The fraction of sp³-hybridized carbons (Fsp3) is 0.375. The van der Waals surface area contributed by atoms with Crippen molar-refractivity contribution in [3.8, 4) is 5.75 Å². The van der Waals surface area contributed by atoms with Gasteiger partial charge in [0.25, 0.3) is 0 Å². The molecule has 0 spiro atoms. The predicted octanol–water partition coefficient (Wildman–Crippen LogP) is 3.37. The van der Waals surface area contributed by atoms with E-state index in [0.717, 1.165) is 32.6 Å². The van der Waals surface area contributed by atoms with Crippen molar-refractivity contribution in [2.45, 2.75) is 37.2 Å². The number of rotatable bonds is 3. The second-order valence-electron chi connectivity index (χ2n) is 5.88. The molecule has 0 radical (unpaired) electrons. The zero-order valence-corrected chi connectivity index (χ0v) is 20.4. The van der Waals surface area contributed by atoms with Gasteiger partial charge in [0.2, 0.25) is 0 Å². The van der Waals surface area contributed by atoms with E-state index in [2.05, 4.69) is 6.07 Å². The maximum atomic E-state index is 11.9. The summed E-state index contributed by atoms with van der Waals surface area (Å²) in [6.45, 7) is 5.59. The number of aryl methyl sites for hydroxylation is 2. The Kier molecular flexibility index (Phi) is 4.65. The molecule has 1 atom stereocenters. The van der Waals surface area contributed by atoms with E-state index in [9.17, 15) is 9.59 Å². The molecule has 112 valence electrons. The molecule has 0 saturated heterocycles. The van der Waals surface area contributed by atoms with Crippen molar-refractivity contribution in [1.29, 1.82) is 0 Å². The summed E-state index contributed by atoms with van der Waals surface area (Å²) >= 11 is 0.572. The summed E-state index contributed by atoms with van der Waals surface area (Å²) in [5, 5.41) is 0.987. The minimum absolute atomic E-state index is 0.127. The molecule has 0 fully saturated rings. The second kappa shape index (κ2) is 6.22. The Balaban J connectivity index is 2.07. The Hall–Kier alpha value is -0.435. The number of fused-ring (bicyclic) bond motifs is 2. The summed E-state index contributed by atoms with van der Waals surface area (Å²) in [7, 11) is 0. The van der Waals surface area contributed by atoms with Crippen molar-refractivity contribution < 1.29 is 38.5 Å². The molecule has 0 aliphatic carbocycles. The van der Waals surface area contributed by atoms with Crippen molar-refractivity contribution in [1.82, 2.24) is 0 Å². The Morgan fingerprint density at radius 3 is 2.82 bits per heavy atom. The van der Waals surface area contributed by atoms with Gasteiger partial charge in [0, 0.05) is 0 Å². The van der Waals surface area contributed by atoms with Crippen LogP contribution in [0.3, 0.4) is 0 Å². The van der Waals surface area contributed by atoms with Crippen molar-refractivity contribution in [3.05, 3.63) is 36.7 Å². The third kappa shape index (κ3) is 2.86.